The second kappa shape index (κ2) is 6.75. The number of likely N-dealkylation sites (N-methyl/N-ethyl adjacent to an activating group) is 1. The maximum atomic E-state index is 12.2. The van der Waals surface area contributed by atoms with Crippen LogP contribution in [0.5, 0.6) is 0 Å². The SMILES string of the molecule is CCNc1cc(C)ccc1C(=O)NCCN(C)C1CC1. The molecule has 0 atom stereocenters. The minimum atomic E-state index is 0.00477. The van der Waals surface area contributed by atoms with E-state index in [0.29, 0.717) is 6.54 Å². The molecule has 0 bridgehead atoms. The quantitative estimate of drug-likeness (QED) is 0.802. The molecule has 1 amide bonds. The van der Waals surface area contributed by atoms with Crippen molar-refractivity contribution in [2.24, 2.45) is 0 Å². The van der Waals surface area contributed by atoms with Gasteiger partial charge in [0.1, 0.15) is 0 Å². The normalized spacial score (nSPS) is 14.4. The van der Waals surface area contributed by atoms with Crippen LogP contribution >= 0.6 is 0 Å². The Morgan fingerprint density at radius 2 is 2.15 bits per heavy atom. The van der Waals surface area contributed by atoms with Gasteiger partial charge in [0.2, 0.25) is 0 Å². The molecule has 4 nitrogen and oxygen atoms in total. The molecule has 0 aliphatic heterocycles. The number of anilines is 1. The van der Waals surface area contributed by atoms with Crippen LogP contribution < -0.4 is 10.6 Å². The van der Waals surface area contributed by atoms with Crippen LogP contribution in [0.3, 0.4) is 0 Å². The van der Waals surface area contributed by atoms with Gasteiger partial charge in [-0.2, -0.15) is 0 Å². The smallest absolute Gasteiger partial charge is 0.253 e. The minimum Gasteiger partial charge on any atom is -0.385 e. The number of hydrogen-bond acceptors (Lipinski definition) is 3. The highest BCUT2D eigenvalue weighted by molar-refractivity contribution is 5.99. The Labute approximate surface area is 121 Å². The van der Waals surface area contributed by atoms with E-state index in [4.69, 9.17) is 0 Å². The van der Waals surface area contributed by atoms with Gasteiger partial charge in [-0.15, -0.1) is 0 Å². The summed E-state index contributed by atoms with van der Waals surface area (Å²) in [5, 5.41) is 6.26. The fraction of sp³-hybridized carbons (Fsp3) is 0.562. The maximum Gasteiger partial charge on any atom is 0.253 e. The van der Waals surface area contributed by atoms with E-state index in [0.717, 1.165) is 35.9 Å². The third kappa shape index (κ3) is 3.97. The Morgan fingerprint density at radius 3 is 2.80 bits per heavy atom. The lowest BCUT2D eigenvalue weighted by Crippen LogP contribution is -2.34. The molecule has 0 unspecified atom stereocenters. The summed E-state index contributed by atoms with van der Waals surface area (Å²) in [6, 6.07) is 6.64. The second-order valence-electron chi connectivity index (χ2n) is 5.55. The second-order valence-corrected chi connectivity index (χ2v) is 5.55. The molecule has 0 saturated heterocycles. The van der Waals surface area contributed by atoms with E-state index < -0.39 is 0 Å². The van der Waals surface area contributed by atoms with Crippen molar-refractivity contribution in [3.05, 3.63) is 29.3 Å². The van der Waals surface area contributed by atoms with Crippen LogP contribution in [0.25, 0.3) is 0 Å². The average molecular weight is 275 g/mol. The predicted octanol–water partition coefficient (Wildman–Crippen LogP) is 2.25. The van der Waals surface area contributed by atoms with Crippen LogP contribution in [-0.4, -0.2) is 43.5 Å². The molecule has 0 radical (unpaired) electrons. The number of rotatable bonds is 7. The molecule has 2 rings (SSSR count). The monoisotopic (exact) mass is 275 g/mol. The van der Waals surface area contributed by atoms with Crippen molar-refractivity contribution in [2.75, 3.05) is 32.0 Å². The summed E-state index contributed by atoms with van der Waals surface area (Å²) in [6.45, 7) is 6.50. The third-order valence-electron chi connectivity index (χ3n) is 3.71. The van der Waals surface area contributed by atoms with E-state index in [-0.39, 0.29) is 5.91 Å². The highest BCUT2D eigenvalue weighted by atomic mass is 16.1. The van der Waals surface area contributed by atoms with Crippen LogP contribution in [0.2, 0.25) is 0 Å². The summed E-state index contributed by atoms with van der Waals surface area (Å²) in [7, 11) is 2.12. The zero-order chi connectivity index (χ0) is 14.5. The lowest BCUT2D eigenvalue weighted by Gasteiger charge is -2.16. The number of amides is 1. The largest absolute Gasteiger partial charge is 0.385 e. The van der Waals surface area contributed by atoms with Gasteiger partial charge in [-0.05, 0) is 51.4 Å². The van der Waals surface area contributed by atoms with E-state index in [2.05, 4.69) is 22.6 Å². The molecule has 0 aromatic heterocycles. The molecule has 110 valence electrons. The molecule has 0 heterocycles. The molecule has 1 aliphatic carbocycles. The number of hydrogen-bond donors (Lipinski definition) is 2. The van der Waals surface area contributed by atoms with E-state index >= 15 is 0 Å². The molecule has 4 heteroatoms. The topological polar surface area (TPSA) is 44.4 Å². The first-order valence-electron chi connectivity index (χ1n) is 7.44. The molecule has 1 aromatic carbocycles. The highest BCUT2D eigenvalue weighted by Gasteiger charge is 2.25. The first-order chi connectivity index (χ1) is 9.61. The van der Waals surface area contributed by atoms with Crippen LogP contribution in [0, 0.1) is 6.92 Å². The molecule has 2 N–H and O–H groups in total. The molecular weight excluding hydrogens is 250 g/mol. The Morgan fingerprint density at radius 1 is 1.40 bits per heavy atom. The Kier molecular flexibility index (Phi) is 5.01. The summed E-state index contributed by atoms with van der Waals surface area (Å²) in [5.74, 6) is 0.00477. The molecule has 1 aliphatic rings. The van der Waals surface area contributed by atoms with Crippen molar-refractivity contribution >= 4 is 11.6 Å². The highest BCUT2D eigenvalue weighted by Crippen LogP contribution is 2.24. The summed E-state index contributed by atoms with van der Waals surface area (Å²) in [5.41, 5.74) is 2.80. The van der Waals surface area contributed by atoms with E-state index in [1.54, 1.807) is 0 Å². The third-order valence-corrected chi connectivity index (χ3v) is 3.71. The van der Waals surface area contributed by atoms with Gasteiger partial charge in [0.25, 0.3) is 5.91 Å². The number of carbonyl (C=O) groups is 1. The molecule has 1 fully saturated rings. The van der Waals surface area contributed by atoms with Crippen LogP contribution in [-0.2, 0) is 0 Å². The van der Waals surface area contributed by atoms with E-state index in [9.17, 15) is 4.79 Å². The van der Waals surface area contributed by atoms with Gasteiger partial charge in [0.05, 0.1) is 5.56 Å². The molecule has 1 saturated carbocycles. The number of carbonyl (C=O) groups excluding carboxylic acids is 1. The number of aryl methyl sites for hydroxylation is 1. The Hall–Kier alpha value is -1.55. The summed E-state index contributed by atoms with van der Waals surface area (Å²) in [6.07, 6.45) is 2.60. The zero-order valence-electron chi connectivity index (χ0n) is 12.7. The number of nitrogens with one attached hydrogen (secondary N) is 2. The van der Waals surface area contributed by atoms with Crippen LogP contribution in [0.1, 0.15) is 35.7 Å². The van der Waals surface area contributed by atoms with E-state index in [1.165, 1.54) is 12.8 Å². The van der Waals surface area contributed by atoms with Crippen LogP contribution in [0.15, 0.2) is 18.2 Å². The Bertz CT molecular complexity index is 469. The van der Waals surface area contributed by atoms with Crippen molar-refractivity contribution < 1.29 is 4.79 Å². The minimum absolute atomic E-state index is 0.00477. The first kappa shape index (κ1) is 14.9. The maximum absolute atomic E-state index is 12.2. The standard InChI is InChI=1S/C16H25N3O/c1-4-17-15-11-12(2)5-8-14(15)16(20)18-9-10-19(3)13-6-7-13/h5,8,11,13,17H,4,6-7,9-10H2,1-3H3,(H,18,20). The molecular formula is C16H25N3O. The van der Waals surface area contributed by atoms with E-state index in [1.807, 2.05) is 32.0 Å². The van der Waals surface area contributed by atoms with Gasteiger partial charge in [-0.3, -0.25) is 4.79 Å². The van der Waals surface area contributed by atoms with Gasteiger partial charge in [-0.1, -0.05) is 6.07 Å². The first-order valence-corrected chi connectivity index (χ1v) is 7.44. The molecule has 20 heavy (non-hydrogen) atoms. The predicted molar refractivity (Wildman–Crippen MR) is 83.3 cm³/mol. The van der Waals surface area contributed by atoms with Gasteiger partial charge < -0.3 is 15.5 Å². The fourth-order valence-corrected chi connectivity index (χ4v) is 2.33. The van der Waals surface area contributed by atoms with Gasteiger partial charge in [-0.25, -0.2) is 0 Å². The van der Waals surface area contributed by atoms with Crippen molar-refractivity contribution in [1.29, 1.82) is 0 Å². The number of nitrogens with zero attached hydrogens (tertiary/aromatic N) is 1. The molecule has 1 aromatic rings. The lowest BCUT2D eigenvalue weighted by molar-refractivity contribution is 0.0950. The summed E-state index contributed by atoms with van der Waals surface area (Å²) < 4.78 is 0. The average Bonchev–Trinajstić information content (AvgIpc) is 3.23. The van der Waals surface area contributed by atoms with Crippen molar-refractivity contribution in [1.82, 2.24) is 10.2 Å². The van der Waals surface area contributed by atoms with Crippen molar-refractivity contribution in [3.8, 4) is 0 Å². The Balaban J connectivity index is 1.90. The van der Waals surface area contributed by atoms with Crippen LogP contribution in [0.4, 0.5) is 5.69 Å². The van der Waals surface area contributed by atoms with Crippen molar-refractivity contribution in [2.45, 2.75) is 32.7 Å². The van der Waals surface area contributed by atoms with Gasteiger partial charge >= 0.3 is 0 Å². The fourth-order valence-electron chi connectivity index (χ4n) is 2.33. The zero-order valence-corrected chi connectivity index (χ0v) is 12.7. The summed E-state index contributed by atoms with van der Waals surface area (Å²) in [4.78, 5) is 14.6. The number of benzene rings is 1. The lowest BCUT2D eigenvalue weighted by atomic mass is 10.1. The molecule has 0 spiro atoms. The van der Waals surface area contributed by atoms with Gasteiger partial charge in [0, 0.05) is 31.4 Å². The van der Waals surface area contributed by atoms with Gasteiger partial charge in [0.15, 0.2) is 0 Å². The summed E-state index contributed by atoms with van der Waals surface area (Å²) >= 11 is 0. The van der Waals surface area contributed by atoms with Crippen molar-refractivity contribution in [3.63, 3.8) is 0 Å².